The predicted molar refractivity (Wildman–Crippen MR) is 143 cm³/mol. The first-order valence-corrected chi connectivity index (χ1v) is 13.5. The highest BCUT2D eigenvalue weighted by molar-refractivity contribution is 5.95. The van der Waals surface area contributed by atoms with Gasteiger partial charge in [-0.05, 0) is 80.3 Å². The molecule has 0 unspecified atom stereocenters. The number of ether oxygens (including phenoxy) is 1. The number of hydrogen-bond acceptors (Lipinski definition) is 4. The summed E-state index contributed by atoms with van der Waals surface area (Å²) in [6.07, 6.45) is 9.31. The summed E-state index contributed by atoms with van der Waals surface area (Å²) in [6, 6.07) is 12.6. The first-order chi connectivity index (χ1) is 17.6. The zero-order valence-electron chi connectivity index (χ0n) is 21.5. The highest BCUT2D eigenvalue weighted by Crippen LogP contribution is 2.35. The monoisotopic (exact) mass is 484 g/mol. The number of nitrogens with zero attached hydrogens (tertiary/aromatic N) is 4. The van der Waals surface area contributed by atoms with Crippen LogP contribution in [0.3, 0.4) is 0 Å². The van der Waals surface area contributed by atoms with Gasteiger partial charge in [0.05, 0.1) is 12.8 Å². The Balaban J connectivity index is 1.35. The summed E-state index contributed by atoms with van der Waals surface area (Å²) in [5.74, 6) is 2.64. The lowest BCUT2D eigenvalue weighted by Gasteiger charge is -2.28. The van der Waals surface area contributed by atoms with Gasteiger partial charge in [0.15, 0.2) is 0 Å². The molecule has 6 rings (SSSR count). The number of fused-ring (bicyclic) bond motifs is 1. The number of amides is 1. The normalized spacial score (nSPS) is 16.9. The summed E-state index contributed by atoms with van der Waals surface area (Å²) in [7, 11) is 1.66. The molecule has 0 atom stereocenters. The molecule has 3 aromatic rings. The van der Waals surface area contributed by atoms with E-state index in [-0.39, 0.29) is 5.91 Å². The molecule has 1 aromatic heterocycles. The van der Waals surface area contributed by atoms with Crippen LogP contribution in [0.1, 0.15) is 59.4 Å². The van der Waals surface area contributed by atoms with Crippen LogP contribution in [0.25, 0.3) is 11.3 Å². The maximum Gasteiger partial charge on any atom is 0.254 e. The number of carbonyl (C=O) groups is 1. The molecule has 6 heteroatoms. The Morgan fingerprint density at radius 3 is 2.67 bits per heavy atom. The van der Waals surface area contributed by atoms with Crippen molar-refractivity contribution in [3.63, 3.8) is 0 Å². The minimum atomic E-state index is 0.0824. The summed E-state index contributed by atoms with van der Waals surface area (Å²) in [5, 5.41) is 0. The third-order valence-electron chi connectivity index (χ3n) is 7.96. The molecule has 3 heterocycles. The van der Waals surface area contributed by atoms with E-state index in [0.717, 1.165) is 55.2 Å². The summed E-state index contributed by atoms with van der Waals surface area (Å²) >= 11 is 0. The van der Waals surface area contributed by atoms with Crippen molar-refractivity contribution in [3.8, 4) is 17.0 Å². The second kappa shape index (κ2) is 9.64. The highest BCUT2D eigenvalue weighted by atomic mass is 16.5. The number of aromatic nitrogens is 2. The van der Waals surface area contributed by atoms with Crippen LogP contribution >= 0.6 is 0 Å². The smallest absolute Gasteiger partial charge is 0.254 e. The molecule has 36 heavy (non-hydrogen) atoms. The molecule has 2 aromatic carbocycles. The molecule has 1 saturated carbocycles. The quantitative estimate of drug-likeness (QED) is 0.426. The summed E-state index contributed by atoms with van der Waals surface area (Å²) in [4.78, 5) is 23.3. The van der Waals surface area contributed by atoms with Crippen LogP contribution in [-0.4, -0.2) is 47.1 Å². The van der Waals surface area contributed by atoms with Crippen LogP contribution in [0.2, 0.25) is 0 Å². The van der Waals surface area contributed by atoms with Crippen molar-refractivity contribution in [1.29, 1.82) is 0 Å². The van der Waals surface area contributed by atoms with Gasteiger partial charge in [0.1, 0.15) is 11.6 Å². The van der Waals surface area contributed by atoms with Crippen molar-refractivity contribution in [2.75, 3.05) is 31.6 Å². The summed E-state index contributed by atoms with van der Waals surface area (Å²) < 4.78 is 7.81. The predicted octanol–water partition coefficient (Wildman–Crippen LogP) is 5.47. The lowest BCUT2D eigenvalue weighted by Crippen LogP contribution is -2.33. The van der Waals surface area contributed by atoms with E-state index in [1.54, 1.807) is 7.11 Å². The van der Waals surface area contributed by atoms with Crippen molar-refractivity contribution >= 4 is 11.6 Å². The van der Waals surface area contributed by atoms with Gasteiger partial charge in [-0.2, -0.15) is 0 Å². The van der Waals surface area contributed by atoms with E-state index in [9.17, 15) is 4.79 Å². The van der Waals surface area contributed by atoms with Crippen LogP contribution in [0, 0.1) is 12.8 Å². The molecule has 2 fully saturated rings. The van der Waals surface area contributed by atoms with E-state index in [4.69, 9.17) is 9.72 Å². The van der Waals surface area contributed by atoms with E-state index in [0.29, 0.717) is 18.0 Å². The number of aryl methyl sites for hydroxylation is 3. The van der Waals surface area contributed by atoms with Gasteiger partial charge >= 0.3 is 0 Å². The van der Waals surface area contributed by atoms with Gasteiger partial charge < -0.3 is 19.1 Å². The van der Waals surface area contributed by atoms with E-state index < -0.39 is 0 Å². The Morgan fingerprint density at radius 2 is 1.92 bits per heavy atom. The van der Waals surface area contributed by atoms with Gasteiger partial charge in [0.25, 0.3) is 5.91 Å². The zero-order valence-corrected chi connectivity index (χ0v) is 21.5. The second-order valence-corrected chi connectivity index (χ2v) is 10.7. The molecule has 2 aliphatic heterocycles. The fraction of sp³-hybridized carbons (Fsp3) is 0.467. The molecule has 0 bridgehead atoms. The molecule has 0 radical (unpaired) electrons. The minimum Gasteiger partial charge on any atom is -0.496 e. The van der Waals surface area contributed by atoms with E-state index in [1.807, 2.05) is 25.1 Å². The first kappa shape index (κ1) is 23.1. The fourth-order valence-electron chi connectivity index (χ4n) is 5.70. The Kier molecular flexibility index (Phi) is 6.20. The Morgan fingerprint density at radius 1 is 1.08 bits per heavy atom. The van der Waals surface area contributed by atoms with Crippen LogP contribution in [0.5, 0.6) is 5.75 Å². The lowest BCUT2D eigenvalue weighted by molar-refractivity contribution is 0.0734. The SMILES string of the molecule is COc1cc(C(=O)N(Cc2cc(-c3cn4c(n3)CCC4)ccc2N2CCCC2)CC2CC2)ccc1C. The number of hydrogen-bond donors (Lipinski definition) is 0. The minimum absolute atomic E-state index is 0.0824. The Bertz CT molecular complexity index is 1250. The largest absolute Gasteiger partial charge is 0.496 e. The van der Waals surface area contributed by atoms with Gasteiger partial charge in [0.2, 0.25) is 0 Å². The van der Waals surface area contributed by atoms with Crippen LogP contribution in [0.15, 0.2) is 42.6 Å². The van der Waals surface area contributed by atoms with Crippen molar-refractivity contribution in [2.24, 2.45) is 5.92 Å². The Labute approximate surface area is 213 Å². The summed E-state index contributed by atoms with van der Waals surface area (Å²) in [5.41, 5.74) is 6.41. The van der Waals surface area contributed by atoms with Crippen molar-refractivity contribution in [3.05, 3.63) is 65.1 Å². The average molecular weight is 485 g/mol. The summed E-state index contributed by atoms with van der Waals surface area (Å²) in [6.45, 7) is 6.64. The van der Waals surface area contributed by atoms with Gasteiger partial charge in [-0.25, -0.2) is 4.98 Å². The molecule has 0 spiro atoms. The van der Waals surface area contributed by atoms with Crippen LogP contribution in [-0.2, 0) is 19.5 Å². The van der Waals surface area contributed by atoms with Gasteiger partial charge in [-0.3, -0.25) is 4.79 Å². The number of rotatable bonds is 8. The van der Waals surface area contributed by atoms with Gasteiger partial charge in [-0.15, -0.1) is 0 Å². The lowest BCUT2D eigenvalue weighted by atomic mass is 10.0. The first-order valence-electron chi connectivity index (χ1n) is 13.5. The number of methoxy groups -OCH3 is 1. The third-order valence-corrected chi connectivity index (χ3v) is 7.96. The number of anilines is 1. The highest BCUT2D eigenvalue weighted by Gasteiger charge is 2.29. The molecular weight excluding hydrogens is 448 g/mol. The molecule has 1 saturated heterocycles. The number of benzene rings is 2. The van der Waals surface area contributed by atoms with Crippen molar-refractivity contribution in [2.45, 2.75) is 58.5 Å². The van der Waals surface area contributed by atoms with Crippen molar-refractivity contribution < 1.29 is 9.53 Å². The van der Waals surface area contributed by atoms with Crippen LogP contribution < -0.4 is 9.64 Å². The van der Waals surface area contributed by atoms with Gasteiger partial charge in [-0.1, -0.05) is 12.1 Å². The zero-order chi connectivity index (χ0) is 24.6. The average Bonchev–Trinajstić information content (AvgIpc) is 3.25. The molecule has 3 aliphatic rings. The maximum absolute atomic E-state index is 13.8. The number of carbonyl (C=O) groups excluding carboxylic acids is 1. The van der Waals surface area contributed by atoms with E-state index in [1.165, 1.54) is 49.2 Å². The molecule has 1 amide bonds. The topological polar surface area (TPSA) is 50.6 Å². The standard InChI is InChI=1S/C30H36N4O2/c1-21-7-10-24(17-28(21)36-2)30(35)34(18-22-8-9-22)19-25-16-23(11-12-27(25)32-13-3-4-14-32)26-20-33-15-5-6-29(33)31-26/h7,10-12,16-17,20,22H,3-6,8-9,13-15,18-19H2,1-2H3. The molecule has 0 N–H and O–H groups in total. The maximum atomic E-state index is 13.8. The number of imidazole rings is 1. The fourth-order valence-corrected chi connectivity index (χ4v) is 5.70. The van der Waals surface area contributed by atoms with Gasteiger partial charge in [0, 0.05) is 62.2 Å². The second-order valence-electron chi connectivity index (χ2n) is 10.7. The van der Waals surface area contributed by atoms with E-state index in [2.05, 4.69) is 38.8 Å². The molecule has 1 aliphatic carbocycles. The Hall–Kier alpha value is -3.28. The molecule has 188 valence electrons. The molecular formula is C30H36N4O2. The van der Waals surface area contributed by atoms with Crippen LogP contribution in [0.4, 0.5) is 5.69 Å². The van der Waals surface area contributed by atoms with Crippen molar-refractivity contribution in [1.82, 2.24) is 14.5 Å². The third kappa shape index (κ3) is 4.61. The van der Waals surface area contributed by atoms with E-state index >= 15 is 0 Å². The molecule has 6 nitrogen and oxygen atoms in total.